The molecule has 13 heteroatoms. The lowest BCUT2D eigenvalue weighted by atomic mass is 9.91. The molecule has 1 aliphatic heterocycles. The van der Waals surface area contributed by atoms with Crippen LogP contribution in [0.25, 0.3) is 0 Å². The van der Waals surface area contributed by atoms with E-state index in [1.807, 2.05) is 0 Å². The quantitative estimate of drug-likeness (QED) is 0.0587. The van der Waals surface area contributed by atoms with Crippen LogP contribution in [0.4, 0.5) is 0 Å². The Morgan fingerprint density at radius 1 is 0.913 bits per heavy atom. The first-order chi connectivity index (χ1) is 22.1. The Balaban J connectivity index is 1.48. The molecule has 246 valence electrons. The molecule has 1 aliphatic rings. The van der Waals surface area contributed by atoms with Gasteiger partial charge in [0.25, 0.3) is 0 Å². The van der Waals surface area contributed by atoms with Gasteiger partial charge in [-0.2, -0.15) is 4.73 Å². The van der Waals surface area contributed by atoms with Crippen molar-refractivity contribution in [2.24, 2.45) is 11.7 Å². The van der Waals surface area contributed by atoms with Gasteiger partial charge in [0.15, 0.2) is 12.4 Å². The van der Waals surface area contributed by atoms with Crippen LogP contribution in [0.1, 0.15) is 54.4 Å². The number of aromatic nitrogens is 1. The summed E-state index contributed by atoms with van der Waals surface area (Å²) in [4.78, 5) is 27.3. The van der Waals surface area contributed by atoms with E-state index < -0.39 is 28.0 Å². The van der Waals surface area contributed by atoms with E-state index in [1.165, 1.54) is 12.4 Å². The molecule has 0 bridgehead atoms. The Hall–Kier alpha value is -4.33. The Morgan fingerprint density at radius 3 is 2.24 bits per heavy atom. The lowest BCUT2D eigenvalue weighted by Crippen LogP contribution is -2.54. The molecule has 2 amide bonds. The zero-order valence-corrected chi connectivity index (χ0v) is 26.6. The van der Waals surface area contributed by atoms with Gasteiger partial charge in [-0.15, -0.1) is 0 Å². The van der Waals surface area contributed by atoms with E-state index in [9.17, 15) is 23.2 Å². The number of benzene rings is 2. The minimum Gasteiger partial charge on any atom is -0.619 e. The van der Waals surface area contributed by atoms with Gasteiger partial charge in [-0.3, -0.25) is 15.0 Å². The van der Waals surface area contributed by atoms with Crippen LogP contribution in [0.3, 0.4) is 0 Å². The van der Waals surface area contributed by atoms with Gasteiger partial charge in [-0.1, -0.05) is 54.6 Å². The van der Waals surface area contributed by atoms with Crippen LogP contribution in [0.5, 0.6) is 0 Å². The first-order valence-electron chi connectivity index (χ1n) is 15.5. The van der Waals surface area contributed by atoms with E-state index in [1.54, 1.807) is 66.7 Å². The van der Waals surface area contributed by atoms with Crippen LogP contribution in [0, 0.1) is 16.5 Å². The molecule has 12 nitrogen and oxygen atoms in total. The smallest absolute Gasteiger partial charge is 0.242 e. The second-order valence-electron chi connectivity index (χ2n) is 11.7. The molecule has 0 aliphatic carbocycles. The van der Waals surface area contributed by atoms with Crippen molar-refractivity contribution in [3.8, 4) is 0 Å². The van der Waals surface area contributed by atoms with Crippen molar-refractivity contribution < 1.29 is 22.7 Å². The first kappa shape index (κ1) is 34.5. The first-order valence-corrected chi connectivity index (χ1v) is 17.2. The van der Waals surface area contributed by atoms with Gasteiger partial charge in [-0.25, -0.2) is 13.1 Å². The van der Waals surface area contributed by atoms with Gasteiger partial charge in [-0.05, 0) is 74.2 Å². The zero-order valence-electron chi connectivity index (χ0n) is 25.8. The van der Waals surface area contributed by atoms with Crippen LogP contribution < -0.4 is 31.1 Å². The van der Waals surface area contributed by atoms with Gasteiger partial charge in [0.2, 0.25) is 21.8 Å². The molecule has 2 heterocycles. The van der Waals surface area contributed by atoms with E-state index in [4.69, 9.17) is 11.1 Å². The van der Waals surface area contributed by atoms with Gasteiger partial charge >= 0.3 is 0 Å². The Morgan fingerprint density at radius 2 is 1.59 bits per heavy atom. The average Bonchev–Trinajstić information content (AvgIpc) is 3.05. The molecule has 2 atom stereocenters. The highest BCUT2D eigenvalue weighted by atomic mass is 32.2. The van der Waals surface area contributed by atoms with Crippen LogP contribution in [0.2, 0.25) is 0 Å². The van der Waals surface area contributed by atoms with Crippen LogP contribution >= 0.6 is 0 Å². The van der Waals surface area contributed by atoms with Crippen LogP contribution in [-0.2, 0) is 38.3 Å². The minimum atomic E-state index is -3.93. The van der Waals surface area contributed by atoms with E-state index >= 15 is 0 Å². The summed E-state index contributed by atoms with van der Waals surface area (Å²) >= 11 is 0. The minimum absolute atomic E-state index is 0.0495. The molecule has 46 heavy (non-hydrogen) atoms. The highest BCUT2D eigenvalue weighted by molar-refractivity contribution is 7.88. The summed E-state index contributed by atoms with van der Waals surface area (Å²) in [5, 5.41) is 28.1. The summed E-state index contributed by atoms with van der Waals surface area (Å²) in [7, 11) is -3.93. The number of hydrogen-bond donors (Lipinski definition) is 6. The van der Waals surface area contributed by atoms with Gasteiger partial charge < -0.3 is 26.9 Å². The molecule has 0 radical (unpaired) electrons. The number of hydrogen-bond acceptors (Lipinski definition) is 7. The number of nitrogens with zero attached hydrogens (tertiary/aromatic N) is 1. The number of aryl methyl sites for hydroxylation is 1. The molecule has 7 N–H and O–H groups in total. The number of nitrogen functional groups attached to an aromatic ring is 1. The summed E-state index contributed by atoms with van der Waals surface area (Å²) in [5.74, 6) is -0.906. The molecular weight excluding hydrogens is 606 g/mol. The van der Waals surface area contributed by atoms with Crippen molar-refractivity contribution in [2.45, 2.75) is 62.9 Å². The predicted octanol–water partition coefficient (Wildman–Crippen LogP) is 1.61. The Labute approximate surface area is 270 Å². The fourth-order valence-corrected chi connectivity index (χ4v) is 6.82. The number of nitrogens with one attached hydrogen (secondary N) is 5. The third kappa shape index (κ3) is 11.2. The maximum atomic E-state index is 13.8. The van der Waals surface area contributed by atoms with Crippen molar-refractivity contribution in [3.63, 3.8) is 0 Å². The van der Waals surface area contributed by atoms with Gasteiger partial charge in [0.1, 0.15) is 17.9 Å². The largest absolute Gasteiger partial charge is 0.619 e. The average molecular weight is 650 g/mol. The summed E-state index contributed by atoms with van der Waals surface area (Å²) in [6.07, 6.45) is 6.23. The molecule has 4 rings (SSSR count). The highest BCUT2D eigenvalue weighted by Crippen LogP contribution is 2.19. The van der Waals surface area contributed by atoms with Crippen LogP contribution in [-0.4, -0.2) is 51.2 Å². The fraction of sp³-hybridized carbons (Fsp3) is 0.394. The van der Waals surface area contributed by atoms with Crippen molar-refractivity contribution >= 4 is 27.7 Å². The number of amides is 2. The maximum absolute atomic E-state index is 13.8. The number of piperidine rings is 1. The third-order valence-electron chi connectivity index (χ3n) is 8.12. The number of sulfonamides is 1. The van der Waals surface area contributed by atoms with E-state index in [0.717, 1.165) is 43.5 Å². The normalized spacial score (nSPS) is 15.0. The lowest BCUT2D eigenvalue weighted by Gasteiger charge is -2.26. The SMILES string of the molecule is N=C(N)c1ccc(CNC(=O)[C@H](CCC2CCNCC2)NC(=O)[C@@H](CCc2cc[n+]([O-])cc2)NS(=O)(=O)Cc2ccccc2)cc1. The molecule has 1 saturated heterocycles. The third-order valence-corrected chi connectivity index (χ3v) is 9.47. The van der Waals surface area contributed by atoms with Crippen LogP contribution in [0.15, 0.2) is 79.1 Å². The van der Waals surface area contributed by atoms with Crippen molar-refractivity contribution in [2.75, 3.05) is 13.1 Å². The topological polar surface area (TPSA) is 193 Å². The number of carbonyl (C=O) groups excluding carboxylic acids is 2. The summed E-state index contributed by atoms with van der Waals surface area (Å²) in [6, 6.07) is 16.9. The maximum Gasteiger partial charge on any atom is 0.242 e. The standard InChI is InChI=1S/C33H43N7O5S/c34-31(35)28-10-6-26(7-11-28)22-37-32(41)29(12-8-24-14-18-36-19-15-24)38-33(42)30(13-9-25-16-20-40(43)21-17-25)39-46(44,45)23-27-4-2-1-3-5-27/h1-7,10-11,16-17,20-21,24,29-30,36,39H,8-9,12-15,18-19,22-23H2,(H3,34,35)(H,37,41)(H,38,42)/t29-,30+/m0/s1. The summed E-state index contributed by atoms with van der Waals surface area (Å²) in [5.41, 5.74) is 8.26. The molecule has 1 fully saturated rings. The second-order valence-corrected chi connectivity index (χ2v) is 13.4. The monoisotopic (exact) mass is 649 g/mol. The summed E-state index contributed by atoms with van der Waals surface area (Å²) in [6.45, 7) is 2.01. The molecule has 1 aromatic heterocycles. The number of carbonyl (C=O) groups is 2. The predicted molar refractivity (Wildman–Crippen MR) is 176 cm³/mol. The number of pyridine rings is 1. The molecule has 0 saturated carbocycles. The Kier molecular flexibility index (Phi) is 12.6. The van der Waals surface area contributed by atoms with Gasteiger partial charge in [0, 0.05) is 24.2 Å². The number of nitrogens with two attached hydrogens (primary N) is 1. The fourth-order valence-electron chi connectivity index (χ4n) is 5.45. The molecule has 3 aromatic rings. The molecule has 0 spiro atoms. The number of amidine groups is 1. The summed E-state index contributed by atoms with van der Waals surface area (Å²) < 4.78 is 29.6. The highest BCUT2D eigenvalue weighted by Gasteiger charge is 2.29. The van der Waals surface area contributed by atoms with E-state index in [-0.39, 0.29) is 30.5 Å². The second kappa shape index (κ2) is 16.8. The van der Waals surface area contributed by atoms with Crippen molar-refractivity contribution in [1.82, 2.24) is 20.7 Å². The van der Waals surface area contributed by atoms with Gasteiger partial charge in [0.05, 0.1) is 5.75 Å². The molecular formula is C33H43N7O5S. The van der Waals surface area contributed by atoms with Crippen molar-refractivity contribution in [1.29, 1.82) is 5.41 Å². The Bertz CT molecular complexity index is 1550. The molecule has 0 unspecified atom stereocenters. The number of rotatable bonds is 16. The van der Waals surface area contributed by atoms with E-state index in [0.29, 0.717) is 34.6 Å². The molecule has 2 aromatic carbocycles. The van der Waals surface area contributed by atoms with E-state index in [2.05, 4.69) is 20.7 Å². The zero-order chi connectivity index (χ0) is 32.9. The van der Waals surface area contributed by atoms with Crippen molar-refractivity contribution in [3.05, 3.63) is 107 Å². The lowest BCUT2D eigenvalue weighted by molar-refractivity contribution is -0.605.